The van der Waals surface area contributed by atoms with E-state index in [1.807, 2.05) is 36.4 Å². The summed E-state index contributed by atoms with van der Waals surface area (Å²) in [5.74, 6) is -1.76. The highest BCUT2D eigenvalue weighted by Crippen LogP contribution is 2.42. The third-order valence-corrected chi connectivity index (χ3v) is 13.6. The van der Waals surface area contributed by atoms with Gasteiger partial charge in [0.2, 0.25) is 17.7 Å². The lowest BCUT2D eigenvalue weighted by Gasteiger charge is -2.40. The van der Waals surface area contributed by atoms with Gasteiger partial charge in [0.25, 0.3) is 11.8 Å². The second-order valence-corrected chi connectivity index (χ2v) is 18.2. The van der Waals surface area contributed by atoms with Crippen molar-refractivity contribution in [3.63, 3.8) is 0 Å². The van der Waals surface area contributed by atoms with Crippen molar-refractivity contribution in [1.82, 2.24) is 30.7 Å². The molecule has 3 aromatic rings. The van der Waals surface area contributed by atoms with E-state index in [4.69, 9.17) is 0 Å². The molecule has 4 fully saturated rings. The van der Waals surface area contributed by atoms with Gasteiger partial charge in [0.1, 0.15) is 6.04 Å². The van der Waals surface area contributed by atoms with Gasteiger partial charge >= 0.3 is 0 Å². The smallest absolute Gasteiger partial charge is 0.253 e. The van der Waals surface area contributed by atoms with Crippen molar-refractivity contribution in [3.05, 3.63) is 107 Å². The Morgan fingerprint density at radius 2 is 1.02 bits per heavy atom. The lowest BCUT2D eigenvalue weighted by molar-refractivity contribution is -0.133. The van der Waals surface area contributed by atoms with Crippen LogP contribution in [0.2, 0.25) is 0 Å². The molecule has 2 aliphatic carbocycles. The Balaban J connectivity index is 0.977. The molecule has 5 amide bonds. The summed E-state index contributed by atoms with van der Waals surface area (Å²) in [6.07, 6.45) is 13.1. The van der Waals surface area contributed by atoms with Gasteiger partial charge in [0.05, 0.1) is 11.8 Å². The third kappa shape index (κ3) is 11.7. The Morgan fingerprint density at radius 1 is 0.532 bits per heavy atom. The molecule has 11 nitrogen and oxygen atoms in total. The van der Waals surface area contributed by atoms with Gasteiger partial charge < -0.3 is 25.8 Å². The van der Waals surface area contributed by atoms with Crippen LogP contribution >= 0.6 is 0 Å². The Kier molecular flexibility index (Phi) is 15.9. The molecule has 7 rings (SSSR count). The molecule has 0 bridgehead atoms. The zero-order valence-electron chi connectivity index (χ0n) is 36.9. The van der Waals surface area contributed by atoms with Gasteiger partial charge in [-0.25, -0.2) is 0 Å². The van der Waals surface area contributed by atoms with E-state index in [0.717, 1.165) is 57.9 Å². The Labute approximate surface area is 368 Å². The largest absolute Gasteiger partial charge is 0.355 e. The summed E-state index contributed by atoms with van der Waals surface area (Å²) >= 11 is 0. The molecule has 0 radical (unpaired) electrons. The number of nitrogens with zero attached hydrogens (tertiary/aromatic N) is 3. The van der Waals surface area contributed by atoms with Crippen LogP contribution in [0.4, 0.5) is 0 Å². The number of amides is 5. The molecule has 3 N–H and O–H groups in total. The first-order valence-corrected chi connectivity index (χ1v) is 23.7. The average molecular weight is 845 g/mol. The summed E-state index contributed by atoms with van der Waals surface area (Å²) in [4.78, 5) is 75.1. The monoisotopic (exact) mass is 845 g/mol. The van der Waals surface area contributed by atoms with Crippen LogP contribution in [-0.2, 0) is 14.4 Å². The van der Waals surface area contributed by atoms with Crippen molar-refractivity contribution in [2.75, 3.05) is 45.8 Å². The standard InChI is InChI=1S/C51H68N6O5/c1-3-5-7-9-10-18-28-55-29-30-56(35-46(55)49(60)52-27-17-8-6-4-2)50(61)38-23-25-39(26-24-38)51(62)57-33-42(47(58)53-44-31-40(44)36-19-13-11-14-20-36)43(34-57)48(59)54-45-32-41(45)37-21-15-12-16-22-37/h11-16,19-26,40-46H,3-10,17-18,27-35H2,1-2H3,(H,52,60)(H,53,58)(H,54,59)/t40-,41-,42-,43-,44+,45+,46+/m1/s1. The van der Waals surface area contributed by atoms with Gasteiger partial charge in [-0.05, 0) is 67.6 Å². The first kappa shape index (κ1) is 45.0. The van der Waals surface area contributed by atoms with E-state index in [-0.39, 0.29) is 66.5 Å². The van der Waals surface area contributed by atoms with Crippen LogP contribution in [0.25, 0.3) is 0 Å². The topological polar surface area (TPSA) is 131 Å². The van der Waals surface area contributed by atoms with Crippen molar-refractivity contribution in [1.29, 1.82) is 0 Å². The van der Waals surface area contributed by atoms with Crippen LogP contribution in [0.5, 0.6) is 0 Å². The molecule has 0 aromatic heterocycles. The van der Waals surface area contributed by atoms with Crippen molar-refractivity contribution in [2.24, 2.45) is 11.8 Å². The number of rotatable bonds is 21. The molecule has 62 heavy (non-hydrogen) atoms. The highest BCUT2D eigenvalue weighted by Gasteiger charge is 2.49. The van der Waals surface area contributed by atoms with Gasteiger partial charge in [-0.3, -0.25) is 28.9 Å². The SMILES string of the molecule is CCCCCCCCN1CCN(C(=O)c2ccc(C(=O)N3C[C@@H](C(=O)N[C@H]4C[C@@H]4c4ccccc4)[C@H](C(=O)N[C@H]4C[C@@H]4c4ccccc4)C3)cc2)C[C@H]1C(=O)NCCCCCC. The summed E-state index contributed by atoms with van der Waals surface area (Å²) in [7, 11) is 0. The first-order chi connectivity index (χ1) is 30.2. The Bertz CT molecular complexity index is 1880. The molecule has 2 heterocycles. The molecule has 7 atom stereocenters. The van der Waals surface area contributed by atoms with E-state index >= 15 is 0 Å². The predicted molar refractivity (Wildman–Crippen MR) is 243 cm³/mol. The minimum absolute atomic E-state index is 0.00199. The lowest BCUT2D eigenvalue weighted by atomic mass is 9.94. The van der Waals surface area contributed by atoms with E-state index in [1.165, 1.54) is 36.8 Å². The second kappa shape index (κ2) is 21.9. The summed E-state index contributed by atoms with van der Waals surface area (Å²) in [5.41, 5.74) is 3.21. The van der Waals surface area contributed by atoms with E-state index < -0.39 is 17.9 Å². The first-order valence-electron chi connectivity index (χ1n) is 23.7. The fraction of sp³-hybridized carbons (Fsp3) is 0.549. The molecule has 2 saturated carbocycles. The van der Waals surface area contributed by atoms with E-state index in [1.54, 1.807) is 34.1 Å². The molecular weight excluding hydrogens is 777 g/mol. The van der Waals surface area contributed by atoms with Crippen molar-refractivity contribution < 1.29 is 24.0 Å². The second-order valence-electron chi connectivity index (χ2n) is 18.2. The van der Waals surface area contributed by atoms with Crippen molar-refractivity contribution in [2.45, 2.75) is 121 Å². The number of hydrogen-bond acceptors (Lipinski definition) is 6. The third-order valence-electron chi connectivity index (χ3n) is 13.6. The van der Waals surface area contributed by atoms with Gasteiger partial charge in [0.15, 0.2) is 0 Å². The normalized spacial score (nSPS) is 24.3. The maximum absolute atomic E-state index is 14.1. The Morgan fingerprint density at radius 3 is 1.55 bits per heavy atom. The number of unbranched alkanes of at least 4 members (excludes halogenated alkanes) is 8. The number of piperazine rings is 1. The molecule has 11 heteroatoms. The van der Waals surface area contributed by atoms with Crippen LogP contribution in [0.3, 0.4) is 0 Å². The van der Waals surface area contributed by atoms with Gasteiger partial charge in [0, 0.05) is 74.3 Å². The number of carbonyl (C=O) groups excluding carboxylic acids is 5. The number of hydrogen-bond donors (Lipinski definition) is 3. The zero-order valence-corrected chi connectivity index (χ0v) is 36.9. The van der Waals surface area contributed by atoms with Gasteiger partial charge in [-0.15, -0.1) is 0 Å². The summed E-state index contributed by atoms with van der Waals surface area (Å²) < 4.78 is 0. The molecule has 2 aliphatic heterocycles. The molecular formula is C51H68N6O5. The van der Waals surface area contributed by atoms with Crippen LogP contribution in [-0.4, -0.2) is 108 Å². The fourth-order valence-electron chi connectivity index (χ4n) is 9.55. The number of carbonyl (C=O) groups is 5. The van der Waals surface area contributed by atoms with Gasteiger partial charge in [-0.2, -0.15) is 0 Å². The van der Waals surface area contributed by atoms with E-state index in [2.05, 4.69) is 59.0 Å². The molecule has 0 spiro atoms. The van der Waals surface area contributed by atoms with Crippen LogP contribution in [0.1, 0.15) is 135 Å². The number of nitrogens with one attached hydrogen (secondary N) is 3. The van der Waals surface area contributed by atoms with Gasteiger partial charge in [-0.1, -0.05) is 126 Å². The number of likely N-dealkylation sites (tertiary alicyclic amines) is 1. The van der Waals surface area contributed by atoms with Crippen molar-refractivity contribution in [3.8, 4) is 0 Å². The molecule has 4 aliphatic rings. The zero-order chi connectivity index (χ0) is 43.4. The highest BCUT2D eigenvalue weighted by atomic mass is 16.2. The summed E-state index contributed by atoms with van der Waals surface area (Å²) in [5, 5.41) is 9.57. The maximum Gasteiger partial charge on any atom is 0.253 e. The molecule has 2 saturated heterocycles. The van der Waals surface area contributed by atoms with E-state index in [9.17, 15) is 24.0 Å². The predicted octanol–water partition coefficient (Wildman–Crippen LogP) is 6.90. The van der Waals surface area contributed by atoms with Crippen molar-refractivity contribution >= 4 is 29.5 Å². The fourth-order valence-corrected chi connectivity index (χ4v) is 9.55. The summed E-state index contributed by atoms with van der Waals surface area (Å²) in [6, 6.07) is 26.5. The maximum atomic E-state index is 14.1. The Hall–Kier alpha value is -5.03. The van der Waals surface area contributed by atoms with E-state index in [0.29, 0.717) is 37.3 Å². The van der Waals surface area contributed by atoms with Crippen LogP contribution in [0.15, 0.2) is 84.9 Å². The minimum Gasteiger partial charge on any atom is -0.355 e. The molecule has 332 valence electrons. The molecule has 3 aromatic carbocycles. The minimum atomic E-state index is -0.688. The van der Waals surface area contributed by atoms with Crippen LogP contribution < -0.4 is 16.0 Å². The average Bonchev–Trinajstić information content (AvgIpc) is 4.22. The summed E-state index contributed by atoms with van der Waals surface area (Å²) in [6.45, 7) is 7.60. The quantitative estimate of drug-likeness (QED) is 0.100. The number of benzene rings is 3. The highest BCUT2D eigenvalue weighted by molar-refractivity contribution is 5.99. The lowest BCUT2D eigenvalue weighted by Crippen LogP contribution is -2.60. The van der Waals surface area contributed by atoms with Crippen LogP contribution in [0, 0.1) is 11.8 Å². The molecule has 0 unspecified atom stereocenters.